The Hall–Kier alpha value is -4.42. The van der Waals surface area contributed by atoms with Crippen molar-refractivity contribution in [1.82, 2.24) is 15.4 Å². The molecule has 0 saturated carbocycles. The Balaban J connectivity index is 0.00000135. The van der Waals surface area contributed by atoms with Crippen LogP contribution in [0.5, 0.6) is 5.75 Å². The summed E-state index contributed by atoms with van der Waals surface area (Å²) in [6.07, 6.45) is -5.01. The summed E-state index contributed by atoms with van der Waals surface area (Å²) in [4.78, 5) is 44.4. The molecule has 14 nitrogen and oxygen atoms in total. The van der Waals surface area contributed by atoms with Gasteiger partial charge in [-0.2, -0.15) is 17.9 Å². The van der Waals surface area contributed by atoms with Gasteiger partial charge < -0.3 is 35.7 Å². The molecule has 2 amide bonds. The number of amides is 2. The Kier molecular flexibility index (Phi) is 16.5. The van der Waals surface area contributed by atoms with E-state index in [1.807, 2.05) is 30.3 Å². The number of ether oxygens (including phenoxy) is 3. The van der Waals surface area contributed by atoms with E-state index in [0.29, 0.717) is 23.3 Å². The lowest BCUT2D eigenvalue weighted by atomic mass is 10.1. The molecule has 1 atom stereocenters. The first-order chi connectivity index (χ1) is 21.5. The Bertz CT molecular complexity index is 1400. The van der Waals surface area contributed by atoms with Gasteiger partial charge in [0.15, 0.2) is 0 Å². The number of hydrogen-bond acceptors (Lipinski definition) is 10. The van der Waals surface area contributed by atoms with Crippen molar-refractivity contribution in [3.63, 3.8) is 0 Å². The summed E-state index contributed by atoms with van der Waals surface area (Å²) in [5.74, 6) is -3.28. The van der Waals surface area contributed by atoms with E-state index in [-0.39, 0.29) is 50.1 Å². The fourth-order valence-corrected chi connectivity index (χ4v) is 5.30. The Labute approximate surface area is 263 Å². The number of esters is 1. The second kappa shape index (κ2) is 19.2. The van der Waals surface area contributed by atoms with Crippen LogP contribution in [0.1, 0.15) is 29.5 Å². The van der Waals surface area contributed by atoms with Crippen molar-refractivity contribution in [3.05, 3.63) is 59.2 Å². The molecule has 0 radical (unpaired) electrons. The van der Waals surface area contributed by atoms with E-state index in [0.717, 1.165) is 12.7 Å². The molecule has 0 saturated heterocycles. The summed E-state index contributed by atoms with van der Waals surface area (Å²) in [5.41, 5.74) is 7.22. The zero-order valence-electron chi connectivity index (χ0n) is 25.3. The third-order valence-corrected chi connectivity index (χ3v) is 7.49. The predicted octanol–water partition coefficient (Wildman–Crippen LogP) is 1.92. The van der Waals surface area contributed by atoms with Crippen LogP contribution in [0.25, 0.3) is 0 Å². The third kappa shape index (κ3) is 14.6. The summed E-state index contributed by atoms with van der Waals surface area (Å²) in [6, 6.07) is 11.2. The van der Waals surface area contributed by atoms with Crippen molar-refractivity contribution in [2.45, 2.75) is 50.4 Å². The minimum absolute atomic E-state index is 0.0223. The number of methoxy groups -OCH3 is 1. The van der Waals surface area contributed by atoms with E-state index in [4.69, 9.17) is 25.1 Å². The summed E-state index contributed by atoms with van der Waals surface area (Å²) in [6.45, 7) is 3.85. The molecule has 0 aliphatic heterocycles. The fraction of sp³-hybridized carbons (Fsp3) is 0.429. The van der Waals surface area contributed by atoms with Crippen LogP contribution in [-0.4, -0.2) is 83.0 Å². The number of alkyl carbamates (subject to hydrolysis) is 1. The quantitative estimate of drug-likeness (QED) is 0.136. The number of sulfonamides is 1. The third-order valence-electron chi connectivity index (χ3n) is 5.71. The number of halogens is 3. The van der Waals surface area contributed by atoms with E-state index in [1.54, 1.807) is 26.0 Å². The highest BCUT2D eigenvalue weighted by atomic mass is 32.2. The van der Waals surface area contributed by atoms with E-state index in [2.05, 4.69) is 20.1 Å². The van der Waals surface area contributed by atoms with Gasteiger partial charge in [-0.25, -0.2) is 18.0 Å². The monoisotopic (exact) mass is 678 g/mol. The van der Waals surface area contributed by atoms with Crippen molar-refractivity contribution in [2.24, 2.45) is 5.73 Å². The molecule has 1 unspecified atom stereocenters. The van der Waals surface area contributed by atoms with E-state index in [9.17, 15) is 36.0 Å². The molecule has 0 spiro atoms. The number of rotatable bonds is 15. The van der Waals surface area contributed by atoms with Crippen molar-refractivity contribution >= 4 is 34.0 Å². The molecule has 2 rings (SSSR count). The van der Waals surface area contributed by atoms with Gasteiger partial charge in [-0.15, -0.1) is 0 Å². The largest absolute Gasteiger partial charge is 0.494 e. The van der Waals surface area contributed by atoms with Crippen LogP contribution in [0, 0.1) is 13.8 Å². The minimum atomic E-state index is -5.08. The molecule has 0 fully saturated rings. The summed E-state index contributed by atoms with van der Waals surface area (Å²) >= 11 is 0. The molecule has 0 heterocycles. The van der Waals surface area contributed by atoms with Gasteiger partial charge in [0, 0.05) is 26.1 Å². The maximum absolute atomic E-state index is 12.9. The molecule has 0 aliphatic rings. The number of benzene rings is 2. The smallest absolute Gasteiger partial charge is 0.490 e. The molecule has 256 valence electrons. The van der Waals surface area contributed by atoms with Gasteiger partial charge in [-0.3, -0.25) is 9.59 Å². The standard InChI is InChI=1S/C26H36N4O8S.C2HF3O2/c1-18-14-21(15-19(2)24(18)39(34,35)30-22(16-27)25(32)36-3)37-13-7-10-23(31)28-11-12-29-26(33)38-17-20-8-5-4-6-9-20;3-2(4,5)1(6)7/h4-6,8-9,14-15,22,30H,7,10-13,16-17,27H2,1-3H3,(H,28,31)(H,29,33);(H,6,7). The second-order valence-electron chi connectivity index (χ2n) is 9.41. The van der Waals surface area contributed by atoms with E-state index >= 15 is 0 Å². The van der Waals surface area contributed by atoms with Crippen LogP contribution in [-0.2, 0) is 40.5 Å². The molecule has 0 aliphatic carbocycles. The molecule has 0 bridgehead atoms. The number of alkyl halides is 3. The van der Waals surface area contributed by atoms with Gasteiger partial charge in [0.25, 0.3) is 0 Å². The van der Waals surface area contributed by atoms with Crippen LogP contribution in [0.2, 0.25) is 0 Å². The number of aryl methyl sites for hydroxylation is 2. The lowest BCUT2D eigenvalue weighted by Gasteiger charge is -2.18. The number of nitrogens with one attached hydrogen (secondary N) is 3. The van der Waals surface area contributed by atoms with Gasteiger partial charge in [0.1, 0.15) is 18.4 Å². The van der Waals surface area contributed by atoms with Crippen LogP contribution < -0.4 is 25.8 Å². The van der Waals surface area contributed by atoms with Gasteiger partial charge in [-0.1, -0.05) is 30.3 Å². The molecule has 18 heteroatoms. The van der Waals surface area contributed by atoms with E-state index < -0.39 is 40.3 Å². The number of carbonyl (C=O) groups is 4. The first-order valence-corrected chi connectivity index (χ1v) is 15.1. The first kappa shape index (κ1) is 39.6. The van der Waals surface area contributed by atoms with Gasteiger partial charge in [0.2, 0.25) is 15.9 Å². The average molecular weight is 679 g/mol. The molecule has 6 N–H and O–H groups in total. The second-order valence-corrected chi connectivity index (χ2v) is 11.1. The van der Waals surface area contributed by atoms with Crippen LogP contribution in [0.4, 0.5) is 18.0 Å². The lowest BCUT2D eigenvalue weighted by molar-refractivity contribution is -0.192. The lowest BCUT2D eigenvalue weighted by Crippen LogP contribution is -2.46. The van der Waals surface area contributed by atoms with Gasteiger partial charge in [0.05, 0.1) is 18.6 Å². The van der Waals surface area contributed by atoms with Gasteiger partial charge >= 0.3 is 24.2 Å². The Morgan fingerprint density at radius 1 is 1.00 bits per heavy atom. The summed E-state index contributed by atoms with van der Waals surface area (Å²) < 4.78 is 75.1. The normalized spacial score (nSPS) is 11.7. The zero-order chi connectivity index (χ0) is 34.9. The van der Waals surface area contributed by atoms with Crippen LogP contribution in [0.15, 0.2) is 47.4 Å². The maximum atomic E-state index is 12.9. The number of nitrogens with two attached hydrogens (primary N) is 1. The fourth-order valence-electron chi connectivity index (χ4n) is 3.65. The SMILES string of the molecule is COC(=O)C(CN)NS(=O)(=O)c1c(C)cc(OCCCC(=O)NCCNC(=O)OCc2ccccc2)cc1C.O=C(O)C(F)(F)F. The highest BCUT2D eigenvalue weighted by Gasteiger charge is 2.38. The molecule has 46 heavy (non-hydrogen) atoms. The van der Waals surface area contributed by atoms with E-state index in [1.165, 1.54) is 0 Å². The van der Waals surface area contributed by atoms with Crippen molar-refractivity contribution in [1.29, 1.82) is 0 Å². The molecular formula is C28H37F3N4O10S. The minimum Gasteiger partial charge on any atom is -0.494 e. The van der Waals surface area contributed by atoms with Crippen molar-refractivity contribution < 1.29 is 60.1 Å². The Morgan fingerprint density at radius 3 is 2.09 bits per heavy atom. The molecule has 2 aromatic carbocycles. The zero-order valence-corrected chi connectivity index (χ0v) is 26.1. The number of hydrogen-bond donors (Lipinski definition) is 5. The summed E-state index contributed by atoms with van der Waals surface area (Å²) in [5, 5.41) is 12.4. The maximum Gasteiger partial charge on any atom is 0.490 e. The van der Waals surface area contributed by atoms with Gasteiger partial charge in [-0.05, 0) is 49.1 Å². The number of carboxylic acid groups (broad SMARTS) is 1. The number of carbonyl (C=O) groups excluding carboxylic acids is 3. The highest BCUT2D eigenvalue weighted by molar-refractivity contribution is 7.89. The molecule has 0 aromatic heterocycles. The topological polar surface area (TPSA) is 212 Å². The first-order valence-electron chi connectivity index (χ1n) is 13.6. The van der Waals surface area contributed by atoms with Crippen molar-refractivity contribution in [2.75, 3.05) is 33.4 Å². The Morgan fingerprint density at radius 2 is 1.57 bits per heavy atom. The predicted molar refractivity (Wildman–Crippen MR) is 157 cm³/mol. The van der Waals surface area contributed by atoms with Crippen molar-refractivity contribution in [3.8, 4) is 5.75 Å². The average Bonchev–Trinajstić information content (AvgIpc) is 2.98. The summed E-state index contributed by atoms with van der Waals surface area (Å²) in [7, 11) is -2.90. The van der Waals surface area contributed by atoms with Crippen LogP contribution >= 0.6 is 0 Å². The van der Waals surface area contributed by atoms with Crippen LogP contribution in [0.3, 0.4) is 0 Å². The highest BCUT2D eigenvalue weighted by Crippen LogP contribution is 2.26. The number of carboxylic acids is 1. The number of aliphatic carboxylic acids is 1. The molecular weight excluding hydrogens is 641 g/mol. The molecule has 2 aromatic rings.